The van der Waals surface area contributed by atoms with Crippen LogP contribution in [0.5, 0.6) is 0 Å². The monoisotopic (exact) mass is 438 g/mol. The summed E-state index contributed by atoms with van der Waals surface area (Å²) in [5.74, 6) is 0.436. The van der Waals surface area contributed by atoms with Gasteiger partial charge in [-0.05, 0) is 40.2 Å². The van der Waals surface area contributed by atoms with Crippen molar-refractivity contribution in [1.82, 2.24) is 20.1 Å². The fourth-order valence-corrected chi connectivity index (χ4v) is 2.73. The van der Waals surface area contributed by atoms with E-state index in [4.69, 9.17) is 10.5 Å². The molecule has 172 valence electrons. The van der Waals surface area contributed by atoms with Crippen molar-refractivity contribution in [3.05, 3.63) is 61.1 Å². The van der Waals surface area contributed by atoms with Gasteiger partial charge in [-0.2, -0.15) is 5.10 Å². The number of ether oxygens (including phenoxy) is 1. The van der Waals surface area contributed by atoms with Crippen LogP contribution in [0.15, 0.2) is 61.1 Å². The molecule has 0 unspecified atom stereocenters. The number of nitrogens with one attached hydrogen (secondary N) is 2. The van der Waals surface area contributed by atoms with Crippen LogP contribution in [0.3, 0.4) is 0 Å². The zero-order valence-electron chi connectivity index (χ0n) is 19.5. The lowest BCUT2D eigenvalue weighted by molar-refractivity contribution is 0.0507. The van der Waals surface area contributed by atoms with Crippen molar-refractivity contribution in [2.24, 2.45) is 7.05 Å². The first-order valence-electron chi connectivity index (χ1n) is 10.6. The van der Waals surface area contributed by atoms with E-state index in [1.165, 1.54) is 0 Å². The Bertz CT molecular complexity index is 939. The summed E-state index contributed by atoms with van der Waals surface area (Å²) in [6.45, 7) is 8.08. The molecular weight excluding hydrogens is 404 g/mol. The number of hydrogen-bond donors (Lipinski definition) is 3. The molecule has 1 atom stereocenters. The normalized spacial score (nSPS) is 11.7. The second kappa shape index (κ2) is 11.7. The molecule has 2 heterocycles. The minimum Gasteiger partial charge on any atom is -0.444 e. The lowest BCUT2D eigenvalue weighted by Crippen LogP contribution is -2.38. The highest BCUT2D eigenvalue weighted by atomic mass is 16.6. The summed E-state index contributed by atoms with van der Waals surface area (Å²) in [6.07, 6.45) is 5.73. The van der Waals surface area contributed by atoms with Crippen LogP contribution in [0.4, 0.5) is 16.3 Å². The van der Waals surface area contributed by atoms with Gasteiger partial charge in [0, 0.05) is 43.2 Å². The van der Waals surface area contributed by atoms with E-state index in [0.29, 0.717) is 12.4 Å². The quantitative estimate of drug-likeness (QED) is 0.524. The van der Waals surface area contributed by atoms with Crippen LogP contribution in [0.1, 0.15) is 34.1 Å². The Morgan fingerprint density at radius 1 is 1.12 bits per heavy atom. The molecule has 0 aliphatic heterocycles. The third-order valence-electron chi connectivity index (χ3n) is 4.28. The number of carbonyl (C=O) groups is 1. The molecule has 0 saturated heterocycles. The van der Waals surface area contributed by atoms with Crippen LogP contribution in [-0.2, 0) is 11.8 Å². The predicted octanol–water partition coefficient (Wildman–Crippen LogP) is 4.47. The van der Waals surface area contributed by atoms with E-state index in [1.54, 1.807) is 17.1 Å². The van der Waals surface area contributed by atoms with E-state index in [0.717, 1.165) is 23.2 Å². The first-order valence-corrected chi connectivity index (χ1v) is 10.6. The van der Waals surface area contributed by atoms with Gasteiger partial charge < -0.3 is 21.1 Å². The number of rotatable bonds is 6. The number of benzene rings is 1. The highest BCUT2D eigenvalue weighted by Crippen LogP contribution is 2.24. The number of carbonyl (C=O) groups excluding carboxylic acids is 1. The van der Waals surface area contributed by atoms with Gasteiger partial charge in [0.2, 0.25) is 0 Å². The van der Waals surface area contributed by atoms with Crippen molar-refractivity contribution in [3.8, 4) is 11.1 Å². The van der Waals surface area contributed by atoms with E-state index >= 15 is 0 Å². The lowest BCUT2D eigenvalue weighted by Gasteiger charge is -2.22. The first kappa shape index (κ1) is 24.7. The molecule has 1 amide bonds. The summed E-state index contributed by atoms with van der Waals surface area (Å²) in [4.78, 5) is 16.0. The van der Waals surface area contributed by atoms with E-state index in [9.17, 15) is 4.79 Å². The number of nitrogens with two attached hydrogens (primary N) is 1. The van der Waals surface area contributed by atoms with E-state index < -0.39 is 11.7 Å². The van der Waals surface area contributed by atoms with Crippen LogP contribution in [0.25, 0.3) is 11.1 Å². The molecular formula is C24H34N6O2. The number of pyridine rings is 1. The summed E-state index contributed by atoms with van der Waals surface area (Å²) < 4.78 is 6.99. The topological polar surface area (TPSA) is 107 Å². The molecule has 4 N–H and O–H groups in total. The number of hydrogen-bond acceptors (Lipinski definition) is 6. The Kier molecular flexibility index (Phi) is 9.07. The van der Waals surface area contributed by atoms with Crippen LogP contribution in [0.2, 0.25) is 0 Å². The SMILES string of the molecule is C[C@@H](CCNc1cc(-c2cnn(C)c2)cnc1N)NC(=O)OC(C)(C)C.c1ccccc1. The maximum atomic E-state index is 11.8. The Morgan fingerprint density at radius 3 is 2.28 bits per heavy atom. The largest absolute Gasteiger partial charge is 0.444 e. The average molecular weight is 439 g/mol. The van der Waals surface area contributed by atoms with Crippen LogP contribution >= 0.6 is 0 Å². The number of alkyl carbamates (subject to hydrolysis) is 1. The first-order chi connectivity index (χ1) is 15.1. The third kappa shape index (κ3) is 9.07. The Hall–Kier alpha value is -3.55. The maximum absolute atomic E-state index is 11.8. The fourth-order valence-electron chi connectivity index (χ4n) is 2.73. The molecule has 0 aliphatic rings. The molecule has 8 nitrogen and oxygen atoms in total. The Morgan fingerprint density at radius 2 is 1.75 bits per heavy atom. The van der Waals surface area contributed by atoms with Gasteiger partial charge in [-0.3, -0.25) is 4.68 Å². The Labute approximate surface area is 190 Å². The van der Waals surface area contributed by atoms with Gasteiger partial charge in [-0.15, -0.1) is 0 Å². The fraction of sp³-hybridized carbons (Fsp3) is 0.375. The van der Waals surface area contributed by atoms with Crippen molar-refractivity contribution < 1.29 is 9.53 Å². The van der Waals surface area contributed by atoms with Gasteiger partial charge in [0.15, 0.2) is 0 Å². The summed E-state index contributed by atoms with van der Waals surface area (Å²) in [7, 11) is 1.87. The van der Waals surface area contributed by atoms with Crippen LogP contribution in [-0.4, -0.2) is 39.0 Å². The molecule has 2 aromatic heterocycles. The second-order valence-electron chi connectivity index (χ2n) is 8.48. The van der Waals surface area contributed by atoms with Crippen LogP contribution in [0, 0.1) is 0 Å². The minimum atomic E-state index is -0.505. The Balaban J connectivity index is 0.000000520. The molecule has 0 bridgehead atoms. The number of nitrogen functional groups attached to an aromatic ring is 1. The molecule has 3 rings (SSSR count). The van der Waals surface area contributed by atoms with E-state index in [2.05, 4.69) is 20.7 Å². The number of anilines is 2. The summed E-state index contributed by atoms with van der Waals surface area (Å²) in [5, 5.41) is 10.3. The number of aromatic nitrogens is 3. The maximum Gasteiger partial charge on any atom is 0.407 e. The number of nitrogens with zero attached hydrogens (tertiary/aromatic N) is 3. The van der Waals surface area contributed by atoms with Crippen molar-refractivity contribution in [2.45, 2.75) is 45.8 Å². The minimum absolute atomic E-state index is 0.0342. The van der Waals surface area contributed by atoms with Gasteiger partial charge in [-0.25, -0.2) is 9.78 Å². The molecule has 0 radical (unpaired) electrons. The molecule has 0 fully saturated rings. The van der Waals surface area contributed by atoms with Crippen molar-refractivity contribution >= 4 is 17.6 Å². The molecule has 1 aromatic carbocycles. The average Bonchev–Trinajstić information content (AvgIpc) is 3.16. The van der Waals surface area contributed by atoms with E-state index in [-0.39, 0.29) is 6.04 Å². The summed E-state index contributed by atoms with van der Waals surface area (Å²) >= 11 is 0. The molecule has 8 heteroatoms. The van der Waals surface area contributed by atoms with Crippen LogP contribution < -0.4 is 16.4 Å². The molecule has 0 aliphatic carbocycles. The third-order valence-corrected chi connectivity index (χ3v) is 4.28. The zero-order valence-corrected chi connectivity index (χ0v) is 19.5. The van der Waals surface area contributed by atoms with Gasteiger partial charge in [0.25, 0.3) is 0 Å². The van der Waals surface area contributed by atoms with Crippen molar-refractivity contribution in [1.29, 1.82) is 0 Å². The zero-order chi connectivity index (χ0) is 23.6. The standard InChI is InChI=1S/C18H28N6O2.C6H6/c1-12(23-17(25)26-18(2,3)4)6-7-20-15-8-13(9-21-16(15)19)14-10-22-24(5)11-14;1-2-4-6-5-3-1/h8-12,20H,6-7H2,1-5H3,(H2,19,21)(H,23,25);1-6H/t12-;/m0./s1. The van der Waals surface area contributed by atoms with Gasteiger partial charge in [0.1, 0.15) is 11.4 Å². The summed E-state index contributed by atoms with van der Waals surface area (Å²) in [6, 6.07) is 13.9. The van der Waals surface area contributed by atoms with E-state index in [1.807, 2.05) is 83.4 Å². The van der Waals surface area contributed by atoms with Gasteiger partial charge in [-0.1, -0.05) is 36.4 Å². The highest BCUT2D eigenvalue weighted by molar-refractivity contribution is 5.72. The van der Waals surface area contributed by atoms with Crippen molar-refractivity contribution in [3.63, 3.8) is 0 Å². The number of amides is 1. The van der Waals surface area contributed by atoms with Gasteiger partial charge in [0.05, 0.1) is 11.9 Å². The number of aryl methyl sites for hydroxylation is 1. The predicted molar refractivity (Wildman–Crippen MR) is 129 cm³/mol. The summed E-state index contributed by atoms with van der Waals surface area (Å²) in [5.41, 5.74) is 8.13. The highest BCUT2D eigenvalue weighted by Gasteiger charge is 2.17. The molecule has 0 saturated carbocycles. The second-order valence-corrected chi connectivity index (χ2v) is 8.48. The van der Waals surface area contributed by atoms with Crippen molar-refractivity contribution in [2.75, 3.05) is 17.6 Å². The molecule has 3 aromatic rings. The molecule has 32 heavy (non-hydrogen) atoms. The smallest absolute Gasteiger partial charge is 0.407 e. The lowest BCUT2D eigenvalue weighted by atomic mass is 10.1. The molecule has 0 spiro atoms. The van der Waals surface area contributed by atoms with Gasteiger partial charge >= 0.3 is 6.09 Å².